The van der Waals surface area contributed by atoms with E-state index >= 15 is 0 Å². The fraction of sp³-hybridized carbons (Fsp3) is 0.462. The number of carbonyl (C=O) groups excluding carboxylic acids is 1. The highest BCUT2D eigenvalue weighted by atomic mass is 16.5. The van der Waals surface area contributed by atoms with E-state index in [0.29, 0.717) is 13.0 Å². The fourth-order valence-electron chi connectivity index (χ4n) is 1.80. The standard InChI is InChI=1S/C13H16O3/c14-7-2-4-11-3-1-5-12(9-11)16-13-6-8-15-10-13/h1,3,5,7,9,13H,2,4,6,8,10H2. The highest BCUT2D eigenvalue weighted by molar-refractivity contribution is 5.50. The molecule has 3 heteroatoms. The lowest BCUT2D eigenvalue weighted by Crippen LogP contribution is -2.15. The molecule has 2 rings (SSSR count). The number of hydrogen-bond acceptors (Lipinski definition) is 3. The van der Waals surface area contributed by atoms with E-state index in [1.165, 1.54) is 0 Å². The molecule has 3 nitrogen and oxygen atoms in total. The summed E-state index contributed by atoms with van der Waals surface area (Å²) in [5.41, 5.74) is 1.14. The molecule has 0 saturated carbocycles. The third-order valence-electron chi connectivity index (χ3n) is 2.64. The Labute approximate surface area is 95.4 Å². The Morgan fingerprint density at radius 2 is 2.44 bits per heavy atom. The van der Waals surface area contributed by atoms with Gasteiger partial charge in [0.05, 0.1) is 13.2 Å². The second kappa shape index (κ2) is 5.66. The van der Waals surface area contributed by atoms with E-state index < -0.39 is 0 Å². The zero-order valence-electron chi connectivity index (χ0n) is 9.22. The first-order chi connectivity index (χ1) is 7.88. The van der Waals surface area contributed by atoms with Crippen molar-refractivity contribution >= 4 is 6.29 Å². The highest BCUT2D eigenvalue weighted by Crippen LogP contribution is 2.18. The summed E-state index contributed by atoms with van der Waals surface area (Å²) in [5, 5.41) is 0. The van der Waals surface area contributed by atoms with E-state index in [1.807, 2.05) is 24.3 Å². The Hall–Kier alpha value is -1.35. The van der Waals surface area contributed by atoms with Crippen molar-refractivity contribution in [2.45, 2.75) is 25.4 Å². The summed E-state index contributed by atoms with van der Waals surface area (Å²) in [7, 11) is 0. The molecule has 0 aliphatic carbocycles. The van der Waals surface area contributed by atoms with Crippen molar-refractivity contribution < 1.29 is 14.3 Å². The van der Waals surface area contributed by atoms with Gasteiger partial charge in [-0.25, -0.2) is 0 Å². The van der Waals surface area contributed by atoms with Crippen molar-refractivity contribution in [3.63, 3.8) is 0 Å². The summed E-state index contributed by atoms with van der Waals surface area (Å²) in [6.45, 7) is 1.47. The third-order valence-corrected chi connectivity index (χ3v) is 2.64. The van der Waals surface area contributed by atoms with Gasteiger partial charge >= 0.3 is 0 Å². The van der Waals surface area contributed by atoms with E-state index in [-0.39, 0.29) is 6.10 Å². The minimum atomic E-state index is 0.182. The van der Waals surface area contributed by atoms with Gasteiger partial charge in [0, 0.05) is 12.8 Å². The van der Waals surface area contributed by atoms with Crippen LogP contribution in [-0.2, 0) is 16.0 Å². The van der Waals surface area contributed by atoms with Crippen molar-refractivity contribution in [2.75, 3.05) is 13.2 Å². The lowest BCUT2D eigenvalue weighted by Gasteiger charge is -2.12. The van der Waals surface area contributed by atoms with Crippen LogP contribution in [-0.4, -0.2) is 25.6 Å². The average molecular weight is 220 g/mol. The largest absolute Gasteiger partial charge is 0.488 e. The molecule has 1 fully saturated rings. The minimum absolute atomic E-state index is 0.182. The van der Waals surface area contributed by atoms with Gasteiger partial charge in [-0.15, -0.1) is 0 Å². The first-order valence-corrected chi connectivity index (χ1v) is 5.65. The molecule has 0 amide bonds. The molecule has 0 bridgehead atoms. The molecule has 1 saturated heterocycles. The Bertz CT molecular complexity index is 343. The summed E-state index contributed by atoms with van der Waals surface area (Å²) in [6.07, 6.45) is 3.43. The molecule has 0 spiro atoms. The fourth-order valence-corrected chi connectivity index (χ4v) is 1.80. The summed E-state index contributed by atoms with van der Waals surface area (Å²) >= 11 is 0. The lowest BCUT2D eigenvalue weighted by atomic mass is 10.1. The molecular formula is C13H16O3. The molecule has 86 valence electrons. The quantitative estimate of drug-likeness (QED) is 0.712. The number of ether oxygens (including phenoxy) is 2. The molecule has 16 heavy (non-hydrogen) atoms. The molecule has 1 atom stereocenters. The summed E-state index contributed by atoms with van der Waals surface area (Å²) < 4.78 is 11.0. The van der Waals surface area contributed by atoms with Gasteiger partial charge in [0.1, 0.15) is 18.1 Å². The zero-order chi connectivity index (χ0) is 11.2. The molecule has 1 aromatic carbocycles. The van der Waals surface area contributed by atoms with Gasteiger partial charge in [-0.05, 0) is 24.1 Å². The molecule has 1 heterocycles. The van der Waals surface area contributed by atoms with Crippen LogP contribution in [0.15, 0.2) is 24.3 Å². The van der Waals surface area contributed by atoms with Gasteiger partial charge in [0.25, 0.3) is 0 Å². The maximum Gasteiger partial charge on any atom is 0.124 e. The van der Waals surface area contributed by atoms with Crippen molar-refractivity contribution in [1.29, 1.82) is 0 Å². The Kier molecular flexibility index (Phi) is 3.94. The predicted octanol–water partition coefficient (Wildman–Crippen LogP) is 1.99. The average Bonchev–Trinajstić information content (AvgIpc) is 2.80. The predicted molar refractivity (Wildman–Crippen MR) is 60.7 cm³/mol. The van der Waals surface area contributed by atoms with Crippen LogP contribution in [0.2, 0.25) is 0 Å². The van der Waals surface area contributed by atoms with Crippen molar-refractivity contribution in [3.8, 4) is 5.75 Å². The number of benzene rings is 1. The number of aldehydes is 1. The number of hydrogen-bond donors (Lipinski definition) is 0. The van der Waals surface area contributed by atoms with E-state index in [2.05, 4.69) is 0 Å². The van der Waals surface area contributed by atoms with E-state index in [1.54, 1.807) is 0 Å². The van der Waals surface area contributed by atoms with Gasteiger partial charge in [0.15, 0.2) is 0 Å². The van der Waals surface area contributed by atoms with Crippen LogP contribution in [0.5, 0.6) is 5.75 Å². The first kappa shape index (κ1) is 11.1. The summed E-state index contributed by atoms with van der Waals surface area (Å²) in [4.78, 5) is 10.3. The van der Waals surface area contributed by atoms with Crippen molar-refractivity contribution in [2.24, 2.45) is 0 Å². The van der Waals surface area contributed by atoms with Crippen LogP contribution in [0.4, 0.5) is 0 Å². The molecular weight excluding hydrogens is 204 g/mol. The van der Waals surface area contributed by atoms with Crippen LogP contribution >= 0.6 is 0 Å². The molecule has 0 N–H and O–H groups in total. The van der Waals surface area contributed by atoms with E-state index in [4.69, 9.17) is 9.47 Å². The number of rotatable bonds is 5. The van der Waals surface area contributed by atoms with Crippen molar-refractivity contribution in [3.05, 3.63) is 29.8 Å². The van der Waals surface area contributed by atoms with Crippen molar-refractivity contribution in [1.82, 2.24) is 0 Å². The zero-order valence-corrected chi connectivity index (χ0v) is 9.22. The van der Waals surface area contributed by atoms with Gasteiger partial charge in [-0.1, -0.05) is 12.1 Å². The summed E-state index contributed by atoms with van der Waals surface area (Å²) in [5.74, 6) is 0.874. The second-order valence-electron chi connectivity index (χ2n) is 3.96. The van der Waals surface area contributed by atoms with E-state index in [9.17, 15) is 4.79 Å². The summed E-state index contributed by atoms with van der Waals surface area (Å²) in [6, 6.07) is 7.93. The van der Waals surface area contributed by atoms with Gasteiger partial charge in [0.2, 0.25) is 0 Å². The SMILES string of the molecule is O=CCCc1cccc(OC2CCOC2)c1. The minimum Gasteiger partial charge on any atom is -0.488 e. The Morgan fingerprint density at radius 3 is 3.19 bits per heavy atom. The maximum atomic E-state index is 10.3. The first-order valence-electron chi connectivity index (χ1n) is 5.65. The van der Waals surface area contributed by atoms with Crippen LogP contribution in [0.3, 0.4) is 0 Å². The van der Waals surface area contributed by atoms with Crippen LogP contribution < -0.4 is 4.74 Å². The molecule has 1 aliphatic rings. The molecule has 0 aromatic heterocycles. The number of aryl methyl sites for hydroxylation is 1. The maximum absolute atomic E-state index is 10.3. The second-order valence-corrected chi connectivity index (χ2v) is 3.96. The highest BCUT2D eigenvalue weighted by Gasteiger charge is 2.16. The lowest BCUT2D eigenvalue weighted by molar-refractivity contribution is -0.107. The normalized spacial score (nSPS) is 19.6. The molecule has 0 radical (unpaired) electrons. The van der Waals surface area contributed by atoms with Gasteiger partial charge in [-0.2, -0.15) is 0 Å². The smallest absolute Gasteiger partial charge is 0.124 e. The third kappa shape index (κ3) is 3.07. The molecule has 1 aromatic rings. The Balaban J connectivity index is 1.94. The van der Waals surface area contributed by atoms with Gasteiger partial charge in [-0.3, -0.25) is 0 Å². The van der Waals surface area contributed by atoms with Crippen LogP contribution in [0.25, 0.3) is 0 Å². The van der Waals surface area contributed by atoms with Gasteiger partial charge < -0.3 is 14.3 Å². The van der Waals surface area contributed by atoms with Crippen LogP contribution in [0.1, 0.15) is 18.4 Å². The van der Waals surface area contributed by atoms with E-state index in [0.717, 1.165) is 37.0 Å². The Morgan fingerprint density at radius 1 is 1.50 bits per heavy atom. The topological polar surface area (TPSA) is 35.5 Å². The number of carbonyl (C=O) groups is 1. The molecule has 1 aliphatic heterocycles. The molecule has 1 unspecified atom stereocenters. The monoisotopic (exact) mass is 220 g/mol. The van der Waals surface area contributed by atoms with Crippen LogP contribution in [0, 0.1) is 0 Å².